The molecule has 1 saturated heterocycles. The molecule has 2 amide bonds. The Hall–Kier alpha value is -2.96. The summed E-state index contributed by atoms with van der Waals surface area (Å²) in [6, 6.07) is 0. The van der Waals surface area contributed by atoms with Gasteiger partial charge in [-0.2, -0.15) is 4.31 Å². The fraction of sp³-hybridized carbons (Fsp3) is 0.721. The largest absolute Gasteiger partial charge is 0.481 e. The van der Waals surface area contributed by atoms with Gasteiger partial charge in [0.1, 0.15) is 36.3 Å². The monoisotopic (exact) mass is 1090 g/mol. The van der Waals surface area contributed by atoms with Crippen LogP contribution in [0.15, 0.2) is 37.0 Å². The lowest BCUT2D eigenvalue weighted by atomic mass is 9.87. The van der Waals surface area contributed by atoms with Gasteiger partial charge in [-0.05, 0) is 38.5 Å². The summed E-state index contributed by atoms with van der Waals surface area (Å²) in [5.74, 6) is -1.03. The molecule has 71 heavy (non-hydrogen) atoms. The minimum Gasteiger partial charge on any atom is -0.386 e. The first-order valence-corrected chi connectivity index (χ1v) is 29.4. The number of hydrogen-bond acceptors (Lipinski definition) is 18. The number of carbonyl (C=O) groups excluding carboxylic acids is 3. The van der Waals surface area contributed by atoms with Crippen molar-refractivity contribution >= 4 is 69.1 Å². The van der Waals surface area contributed by atoms with Gasteiger partial charge in [-0.1, -0.05) is 115 Å². The van der Waals surface area contributed by atoms with Crippen LogP contribution in [-0.2, 0) is 50.7 Å². The molecule has 1 aliphatic rings. The summed E-state index contributed by atoms with van der Waals surface area (Å²) in [6.45, 7) is 2.79. The number of thioether (sulfide) groups is 1. The van der Waals surface area contributed by atoms with E-state index in [2.05, 4.69) is 65.6 Å². The molecule has 0 spiro atoms. The van der Waals surface area contributed by atoms with Crippen molar-refractivity contribution in [3.8, 4) is 0 Å². The molecule has 0 aromatic carbocycles. The molecule has 24 nitrogen and oxygen atoms in total. The van der Waals surface area contributed by atoms with E-state index in [0.29, 0.717) is 12.2 Å². The number of aliphatic hydroxyl groups excluding tert-OH is 2. The van der Waals surface area contributed by atoms with Crippen LogP contribution >= 0.6 is 35.2 Å². The van der Waals surface area contributed by atoms with Crippen molar-refractivity contribution in [1.29, 1.82) is 0 Å². The number of aliphatic hydroxyl groups is 2. The number of anilines is 1. The second-order valence-electron chi connectivity index (χ2n) is 17.7. The second-order valence-corrected chi connectivity index (χ2v) is 23.1. The molecule has 10 N–H and O–H groups in total. The first-order chi connectivity index (χ1) is 33.6. The number of rotatable bonds is 37. The molecular formula is C43H74N7O17P3S. The lowest BCUT2D eigenvalue weighted by Crippen LogP contribution is -2.46. The Bertz CT molecular complexity index is 2160. The van der Waals surface area contributed by atoms with Crippen LogP contribution in [0, 0.1) is 5.41 Å². The number of carbonyl (C=O) groups is 3. The number of unbranched alkanes of at least 4 members (excludes halogenated alkanes) is 12. The molecule has 3 heterocycles. The highest BCUT2D eigenvalue weighted by molar-refractivity contribution is 8.13. The van der Waals surface area contributed by atoms with E-state index in [4.69, 9.17) is 19.5 Å². The predicted octanol–water partition coefficient (Wildman–Crippen LogP) is 6.04. The SMILES string of the molecule is CCCCCC=CCC=CCCCCCCCCCCCC(=O)SCCNC(=O)CCNC(=O)C(O)C(C)(C)COP(=O)(O)OP(=O)(O)OCC1OC(n2cnc3c(N)ncnc32)C(O)C1OP(=O)(O)O. The molecule has 0 saturated carbocycles. The molecule has 7 atom stereocenters. The van der Waals surface area contributed by atoms with E-state index in [1.807, 2.05) is 0 Å². The Morgan fingerprint density at radius 3 is 2.13 bits per heavy atom. The number of phosphoric acid groups is 3. The van der Waals surface area contributed by atoms with E-state index < -0.39 is 84.6 Å². The third-order valence-electron chi connectivity index (χ3n) is 11.1. The van der Waals surface area contributed by atoms with Gasteiger partial charge in [-0.3, -0.25) is 32.5 Å². The zero-order valence-corrected chi connectivity index (χ0v) is 44.2. The number of nitrogens with two attached hydrogens (primary N) is 1. The lowest BCUT2D eigenvalue weighted by Gasteiger charge is -2.30. The number of hydrogen-bond donors (Lipinski definition) is 9. The van der Waals surface area contributed by atoms with Crippen LogP contribution in [0.25, 0.3) is 11.2 Å². The molecule has 28 heteroatoms. The van der Waals surface area contributed by atoms with E-state index in [9.17, 15) is 57.9 Å². The molecular weight excluding hydrogens is 1010 g/mol. The summed E-state index contributed by atoms with van der Waals surface area (Å²) < 4.78 is 62.5. The normalized spacial score (nSPS) is 19.8. The molecule has 404 valence electrons. The Balaban J connectivity index is 1.26. The van der Waals surface area contributed by atoms with Gasteiger partial charge >= 0.3 is 23.5 Å². The summed E-state index contributed by atoms with van der Waals surface area (Å²) >= 11 is 1.15. The third-order valence-corrected chi connectivity index (χ3v) is 15.1. The molecule has 3 rings (SSSR count). The second kappa shape index (κ2) is 31.7. The average Bonchev–Trinajstić information content (AvgIpc) is 3.86. The van der Waals surface area contributed by atoms with Gasteiger partial charge in [-0.15, -0.1) is 0 Å². The van der Waals surface area contributed by atoms with Crippen molar-refractivity contribution in [1.82, 2.24) is 30.2 Å². The van der Waals surface area contributed by atoms with Crippen LogP contribution in [0.4, 0.5) is 5.82 Å². The van der Waals surface area contributed by atoms with Gasteiger partial charge in [0.2, 0.25) is 11.8 Å². The van der Waals surface area contributed by atoms with Crippen molar-refractivity contribution in [3.63, 3.8) is 0 Å². The van der Waals surface area contributed by atoms with Crippen molar-refractivity contribution in [3.05, 3.63) is 37.0 Å². The maximum Gasteiger partial charge on any atom is 0.481 e. The van der Waals surface area contributed by atoms with Crippen LogP contribution in [0.1, 0.15) is 136 Å². The van der Waals surface area contributed by atoms with E-state index in [1.54, 1.807) is 0 Å². The first kappa shape index (κ1) is 62.3. The molecule has 0 aliphatic carbocycles. The zero-order chi connectivity index (χ0) is 52.5. The van der Waals surface area contributed by atoms with Gasteiger partial charge < -0.3 is 50.9 Å². The topological polar surface area (TPSA) is 364 Å². The van der Waals surface area contributed by atoms with Gasteiger partial charge in [0, 0.05) is 37.1 Å². The number of aromatic nitrogens is 4. The number of imidazole rings is 1. The number of fused-ring (bicyclic) bond motifs is 1. The Morgan fingerprint density at radius 2 is 1.48 bits per heavy atom. The minimum atomic E-state index is -5.58. The summed E-state index contributed by atoms with van der Waals surface area (Å²) in [6.07, 6.45) is 20.2. The molecule has 2 aromatic rings. The molecule has 0 radical (unpaired) electrons. The predicted molar refractivity (Wildman–Crippen MR) is 265 cm³/mol. The van der Waals surface area contributed by atoms with Crippen LogP contribution < -0.4 is 16.4 Å². The van der Waals surface area contributed by atoms with Crippen molar-refractivity contribution < 1.29 is 80.5 Å². The van der Waals surface area contributed by atoms with E-state index in [-0.39, 0.29) is 41.6 Å². The van der Waals surface area contributed by atoms with Crippen LogP contribution in [0.2, 0.25) is 0 Å². The van der Waals surface area contributed by atoms with Crippen LogP contribution in [-0.4, -0.2) is 123 Å². The smallest absolute Gasteiger partial charge is 0.386 e. The molecule has 1 fully saturated rings. The number of nitrogens with one attached hydrogen (secondary N) is 2. The number of phosphoric ester groups is 3. The molecule has 0 bridgehead atoms. The highest BCUT2D eigenvalue weighted by Crippen LogP contribution is 2.61. The fourth-order valence-corrected chi connectivity index (χ4v) is 10.7. The number of allylic oxidation sites excluding steroid dienone is 4. The Morgan fingerprint density at radius 1 is 0.859 bits per heavy atom. The maximum atomic E-state index is 12.8. The van der Waals surface area contributed by atoms with Crippen molar-refractivity contribution in [2.75, 3.05) is 37.8 Å². The van der Waals surface area contributed by atoms with Gasteiger partial charge in [-0.25, -0.2) is 28.6 Å². The van der Waals surface area contributed by atoms with Gasteiger partial charge in [0.15, 0.2) is 22.8 Å². The molecule has 1 aliphatic heterocycles. The lowest BCUT2D eigenvalue weighted by molar-refractivity contribution is -0.137. The number of nitrogen functional groups attached to an aromatic ring is 1. The van der Waals surface area contributed by atoms with E-state index in [0.717, 1.165) is 61.1 Å². The van der Waals surface area contributed by atoms with Crippen LogP contribution in [0.5, 0.6) is 0 Å². The maximum absolute atomic E-state index is 12.8. The molecule has 7 unspecified atom stereocenters. The average molecular weight is 1090 g/mol. The number of nitrogens with zero attached hydrogens (tertiary/aromatic N) is 4. The van der Waals surface area contributed by atoms with E-state index in [1.165, 1.54) is 78.1 Å². The fourth-order valence-electron chi connectivity index (χ4n) is 7.16. The van der Waals surface area contributed by atoms with Crippen molar-refractivity contribution in [2.24, 2.45) is 5.41 Å². The Kier molecular flexibility index (Phi) is 27.8. The number of ether oxygens (including phenoxy) is 1. The summed E-state index contributed by atoms with van der Waals surface area (Å²) in [5.41, 5.74) is 4.29. The summed E-state index contributed by atoms with van der Waals surface area (Å²) in [5, 5.41) is 26.7. The quantitative estimate of drug-likeness (QED) is 0.0211. The number of amides is 2. The van der Waals surface area contributed by atoms with E-state index >= 15 is 0 Å². The minimum absolute atomic E-state index is 0.0330. The third kappa shape index (κ3) is 24.3. The highest BCUT2D eigenvalue weighted by Gasteiger charge is 2.50. The van der Waals surface area contributed by atoms with Crippen LogP contribution in [0.3, 0.4) is 0 Å². The Labute approximate surface area is 419 Å². The highest BCUT2D eigenvalue weighted by atomic mass is 32.2. The standard InChI is InChI=1S/C43H74N7O17P3S/c1-4-5-6-7-8-9-10-11-12-13-14-15-16-17-18-19-20-21-22-23-34(52)71-27-26-45-33(51)24-25-46-41(55)38(54)43(2,3)29-64-70(61,62)67-69(59,60)63-28-32-37(66-68(56,57)58)36(53)42(65-32)50-31-49-35-39(44)47-30-48-40(35)50/h8-9,11-12,30-32,36-38,42,53-54H,4-7,10,13-29H2,1-3H3,(H,45,51)(H,46,55)(H,59,60)(H,61,62)(H2,44,47,48)(H2,56,57,58). The van der Waals surface area contributed by atoms with Gasteiger partial charge in [0.05, 0.1) is 19.5 Å². The van der Waals surface area contributed by atoms with Crippen molar-refractivity contribution in [2.45, 2.75) is 161 Å². The summed E-state index contributed by atoms with van der Waals surface area (Å²) in [4.78, 5) is 88.5. The van der Waals surface area contributed by atoms with Gasteiger partial charge in [0.25, 0.3) is 0 Å². The summed E-state index contributed by atoms with van der Waals surface area (Å²) in [7, 11) is -16.4. The first-order valence-electron chi connectivity index (χ1n) is 23.9. The molecule has 2 aromatic heterocycles. The zero-order valence-electron chi connectivity index (χ0n) is 40.7.